The summed E-state index contributed by atoms with van der Waals surface area (Å²) in [4.78, 5) is 40.1. The van der Waals surface area contributed by atoms with Gasteiger partial charge in [-0.15, -0.1) is 0 Å². The molecule has 152 valence electrons. The van der Waals surface area contributed by atoms with E-state index in [-0.39, 0.29) is 23.1 Å². The van der Waals surface area contributed by atoms with Gasteiger partial charge in [-0.05, 0) is 86.6 Å². The Kier molecular flexibility index (Phi) is 3.74. The molecule has 3 amide bonds. The molecule has 2 aromatic rings. The third-order valence-corrected chi connectivity index (χ3v) is 7.68. The van der Waals surface area contributed by atoms with Gasteiger partial charge in [0.2, 0.25) is 5.91 Å². The molecule has 30 heavy (non-hydrogen) atoms. The molecule has 1 heterocycles. The van der Waals surface area contributed by atoms with Gasteiger partial charge in [-0.25, -0.2) is 4.90 Å². The molecule has 4 aliphatic carbocycles. The maximum Gasteiger partial charge on any atom is 0.266 e. The number of rotatable bonds is 3. The summed E-state index contributed by atoms with van der Waals surface area (Å²) in [6.07, 6.45) is 6.89. The Hall–Kier alpha value is -2.95. The zero-order valence-electron chi connectivity index (χ0n) is 16.8. The van der Waals surface area contributed by atoms with Crippen molar-refractivity contribution in [2.75, 3.05) is 10.2 Å². The second-order valence-corrected chi connectivity index (χ2v) is 9.69. The minimum absolute atomic E-state index is 0.112. The van der Waals surface area contributed by atoms with Gasteiger partial charge in [0.15, 0.2) is 0 Å². The Morgan fingerprint density at radius 3 is 1.97 bits per heavy atom. The molecule has 1 N–H and O–H groups in total. The van der Waals surface area contributed by atoms with E-state index >= 15 is 0 Å². The van der Waals surface area contributed by atoms with Gasteiger partial charge < -0.3 is 5.32 Å². The molecule has 0 radical (unpaired) electrons. The SMILES string of the molecule is O=C1c2ccccc2C(=O)N1c1cccc(NC(=O)C23CC4CC(CC(C4)C2)C3)c1. The second kappa shape index (κ2) is 6.27. The van der Waals surface area contributed by atoms with Crippen molar-refractivity contribution in [2.45, 2.75) is 38.5 Å². The van der Waals surface area contributed by atoms with E-state index in [1.807, 2.05) is 6.07 Å². The molecule has 0 unspecified atom stereocenters. The number of carbonyl (C=O) groups is 3. The van der Waals surface area contributed by atoms with E-state index < -0.39 is 0 Å². The van der Waals surface area contributed by atoms with Crippen LogP contribution in [0.5, 0.6) is 0 Å². The maximum absolute atomic E-state index is 13.3. The van der Waals surface area contributed by atoms with Crippen molar-refractivity contribution in [3.63, 3.8) is 0 Å². The second-order valence-electron chi connectivity index (χ2n) is 9.69. The van der Waals surface area contributed by atoms with Gasteiger partial charge in [0.25, 0.3) is 11.8 Å². The predicted molar refractivity (Wildman–Crippen MR) is 113 cm³/mol. The smallest absolute Gasteiger partial charge is 0.266 e. The van der Waals surface area contributed by atoms with Crippen LogP contribution in [-0.4, -0.2) is 17.7 Å². The molecular formula is C25H24N2O3. The zero-order valence-corrected chi connectivity index (χ0v) is 16.8. The number of benzene rings is 2. The standard InChI is InChI=1S/C25H24N2O3/c28-22-20-6-1-2-7-21(20)23(29)27(22)19-5-3-4-18(11-19)26-24(30)25-12-15-8-16(13-25)10-17(9-15)14-25/h1-7,11,15-17H,8-10,12-14H2,(H,26,30). The van der Waals surface area contributed by atoms with E-state index in [0.29, 0.717) is 40.3 Å². The van der Waals surface area contributed by atoms with Crippen LogP contribution in [0.25, 0.3) is 0 Å². The molecule has 0 saturated heterocycles. The number of fused-ring (bicyclic) bond motifs is 1. The van der Waals surface area contributed by atoms with Crippen LogP contribution >= 0.6 is 0 Å². The van der Waals surface area contributed by atoms with E-state index in [1.165, 1.54) is 24.2 Å². The molecule has 7 rings (SSSR count). The predicted octanol–water partition coefficient (Wildman–Crippen LogP) is 4.64. The van der Waals surface area contributed by atoms with Crippen LogP contribution in [0, 0.1) is 23.2 Å². The summed E-state index contributed by atoms with van der Waals surface area (Å²) in [6, 6.07) is 14.0. The minimum Gasteiger partial charge on any atom is -0.326 e. The summed E-state index contributed by atoms with van der Waals surface area (Å²) >= 11 is 0. The highest BCUT2D eigenvalue weighted by Gasteiger charge is 2.54. The van der Waals surface area contributed by atoms with Crippen molar-refractivity contribution in [3.05, 3.63) is 59.7 Å². The van der Waals surface area contributed by atoms with E-state index in [1.54, 1.807) is 42.5 Å². The van der Waals surface area contributed by atoms with Crippen LogP contribution in [0.15, 0.2) is 48.5 Å². The van der Waals surface area contributed by atoms with Crippen molar-refractivity contribution in [1.29, 1.82) is 0 Å². The van der Waals surface area contributed by atoms with Crippen molar-refractivity contribution in [1.82, 2.24) is 0 Å². The Balaban J connectivity index is 1.26. The summed E-state index contributed by atoms with van der Waals surface area (Å²) < 4.78 is 0. The van der Waals surface area contributed by atoms with Crippen molar-refractivity contribution >= 4 is 29.1 Å². The van der Waals surface area contributed by atoms with Gasteiger partial charge in [0, 0.05) is 5.69 Å². The molecule has 5 heteroatoms. The quantitative estimate of drug-likeness (QED) is 0.763. The highest BCUT2D eigenvalue weighted by molar-refractivity contribution is 6.34. The van der Waals surface area contributed by atoms with Crippen LogP contribution in [0.1, 0.15) is 59.2 Å². The number of nitrogens with one attached hydrogen (secondary N) is 1. The number of amides is 3. The summed E-state index contributed by atoms with van der Waals surface area (Å²) in [6.45, 7) is 0. The van der Waals surface area contributed by atoms with Crippen molar-refractivity contribution in [2.24, 2.45) is 23.2 Å². The molecule has 2 aromatic carbocycles. The number of carbonyl (C=O) groups excluding carboxylic acids is 3. The van der Waals surface area contributed by atoms with Crippen LogP contribution in [0.3, 0.4) is 0 Å². The van der Waals surface area contributed by atoms with Crippen LogP contribution in [0.2, 0.25) is 0 Å². The van der Waals surface area contributed by atoms with E-state index in [9.17, 15) is 14.4 Å². The summed E-state index contributed by atoms with van der Waals surface area (Å²) in [7, 11) is 0. The van der Waals surface area contributed by atoms with Gasteiger partial charge in [-0.2, -0.15) is 0 Å². The maximum atomic E-state index is 13.3. The lowest BCUT2D eigenvalue weighted by molar-refractivity contribution is -0.140. The summed E-state index contributed by atoms with van der Waals surface area (Å²) in [5.74, 6) is 1.58. The van der Waals surface area contributed by atoms with Gasteiger partial charge in [0.1, 0.15) is 0 Å². The van der Waals surface area contributed by atoms with Crippen molar-refractivity contribution in [3.8, 4) is 0 Å². The van der Waals surface area contributed by atoms with E-state index in [0.717, 1.165) is 19.3 Å². The number of nitrogens with zero attached hydrogens (tertiary/aromatic N) is 1. The minimum atomic E-state index is -0.319. The van der Waals surface area contributed by atoms with Crippen LogP contribution < -0.4 is 10.2 Å². The largest absolute Gasteiger partial charge is 0.326 e. The lowest BCUT2D eigenvalue weighted by Crippen LogP contribution is -2.51. The Bertz CT molecular complexity index is 1020. The number of anilines is 2. The number of imide groups is 1. The Morgan fingerprint density at radius 1 is 0.833 bits per heavy atom. The monoisotopic (exact) mass is 400 g/mol. The highest BCUT2D eigenvalue weighted by Crippen LogP contribution is 2.60. The van der Waals surface area contributed by atoms with Gasteiger partial charge >= 0.3 is 0 Å². The third-order valence-electron chi connectivity index (χ3n) is 7.68. The summed E-state index contributed by atoms with van der Waals surface area (Å²) in [5.41, 5.74) is 1.74. The van der Waals surface area contributed by atoms with Crippen LogP contribution in [0.4, 0.5) is 11.4 Å². The number of hydrogen-bond acceptors (Lipinski definition) is 3. The lowest BCUT2D eigenvalue weighted by atomic mass is 9.49. The molecular weight excluding hydrogens is 376 g/mol. The molecule has 4 saturated carbocycles. The molecule has 0 spiro atoms. The molecule has 0 atom stereocenters. The topological polar surface area (TPSA) is 66.5 Å². The average Bonchev–Trinajstić information content (AvgIpc) is 2.98. The van der Waals surface area contributed by atoms with Crippen molar-refractivity contribution < 1.29 is 14.4 Å². The van der Waals surface area contributed by atoms with Gasteiger partial charge in [0.05, 0.1) is 22.2 Å². The first-order valence-electron chi connectivity index (χ1n) is 10.9. The van der Waals surface area contributed by atoms with Gasteiger partial charge in [-0.3, -0.25) is 14.4 Å². The first kappa shape index (κ1) is 17.9. The molecule has 1 aliphatic heterocycles. The third kappa shape index (κ3) is 2.57. The fraction of sp³-hybridized carbons (Fsp3) is 0.400. The summed E-state index contributed by atoms with van der Waals surface area (Å²) in [5, 5.41) is 3.13. The highest BCUT2D eigenvalue weighted by atomic mass is 16.2. The van der Waals surface area contributed by atoms with Crippen LogP contribution in [-0.2, 0) is 4.79 Å². The van der Waals surface area contributed by atoms with Gasteiger partial charge in [-0.1, -0.05) is 18.2 Å². The Labute approximate surface area is 175 Å². The van der Waals surface area contributed by atoms with E-state index in [4.69, 9.17) is 0 Å². The molecule has 4 fully saturated rings. The fourth-order valence-electron chi connectivity index (χ4n) is 6.80. The molecule has 0 aromatic heterocycles. The van der Waals surface area contributed by atoms with E-state index in [2.05, 4.69) is 5.32 Å². The average molecular weight is 400 g/mol. The Morgan fingerprint density at radius 2 is 1.40 bits per heavy atom. The molecule has 4 bridgehead atoms. The first-order chi connectivity index (χ1) is 14.5. The first-order valence-corrected chi connectivity index (χ1v) is 10.9. The lowest BCUT2D eigenvalue weighted by Gasteiger charge is -2.55. The fourth-order valence-corrected chi connectivity index (χ4v) is 6.80. The molecule has 5 nitrogen and oxygen atoms in total. The molecule has 5 aliphatic rings. The zero-order chi connectivity index (χ0) is 20.5. The number of hydrogen-bond donors (Lipinski definition) is 1. The normalized spacial score (nSPS) is 31.2.